The van der Waals surface area contributed by atoms with Crippen molar-refractivity contribution < 1.29 is 9.21 Å². The summed E-state index contributed by atoms with van der Waals surface area (Å²) in [7, 11) is 0. The molecule has 10 heteroatoms. The van der Waals surface area contributed by atoms with Crippen LogP contribution in [-0.4, -0.2) is 45.9 Å². The average molecular weight is 560 g/mol. The van der Waals surface area contributed by atoms with Crippen molar-refractivity contribution in [1.29, 1.82) is 5.26 Å². The highest BCUT2D eigenvalue weighted by molar-refractivity contribution is 8.26. The number of hydrogen-bond donors (Lipinski definition) is 0. The molecule has 200 valence electrons. The molecule has 1 amide bonds. The third kappa shape index (κ3) is 5.24. The van der Waals surface area contributed by atoms with E-state index in [4.69, 9.17) is 16.6 Å². The normalized spacial score (nSPS) is 16.8. The minimum absolute atomic E-state index is 0.104. The van der Waals surface area contributed by atoms with Crippen LogP contribution in [0.5, 0.6) is 0 Å². The maximum Gasteiger partial charge on any atom is 0.270 e. The zero-order chi connectivity index (χ0) is 27.5. The summed E-state index contributed by atoms with van der Waals surface area (Å²) in [5, 5.41) is 9.90. The fourth-order valence-electron chi connectivity index (χ4n) is 5.06. The van der Waals surface area contributed by atoms with Crippen LogP contribution in [0, 0.1) is 18.3 Å². The minimum Gasteiger partial charge on any atom is -0.467 e. The molecule has 0 radical (unpaired) electrons. The Hall–Kier alpha value is -3.81. The molecule has 1 aromatic carbocycles. The summed E-state index contributed by atoms with van der Waals surface area (Å²) in [6.45, 7) is 7.49. The van der Waals surface area contributed by atoms with Gasteiger partial charge >= 0.3 is 0 Å². The fraction of sp³-hybridized carbons (Fsp3) is 0.310. The molecule has 4 heterocycles. The van der Waals surface area contributed by atoms with Gasteiger partial charge in [-0.3, -0.25) is 19.1 Å². The lowest BCUT2D eigenvalue weighted by Gasteiger charge is -2.39. The Kier molecular flexibility index (Phi) is 7.91. The lowest BCUT2D eigenvalue weighted by atomic mass is 10.0. The summed E-state index contributed by atoms with van der Waals surface area (Å²) in [4.78, 5) is 33.4. The van der Waals surface area contributed by atoms with Gasteiger partial charge in [-0.1, -0.05) is 49.1 Å². The molecule has 0 N–H and O–H groups in total. The first-order valence-corrected chi connectivity index (χ1v) is 14.2. The van der Waals surface area contributed by atoms with Crippen LogP contribution in [0.1, 0.15) is 35.8 Å². The van der Waals surface area contributed by atoms with Gasteiger partial charge in [0.2, 0.25) is 0 Å². The zero-order valence-corrected chi connectivity index (χ0v) is 23.6. The number of hydrogen-bond acceptors (Lipinski definition) is 8. The number of rotatable bonds is 7. The van der Waals surface area contributed by atoms with Crippen LogP contribution < -0.4 is 15.4 Å². The number of thiocarbonyl (C=S) groups is 1. The van der Waals surface area contributed by atoms with Gasteiger partial charge in [0.1, 0.15) is 27.5 Å². The van der Waals surface area contributed by atoms with E-state index in [2.05, 4.69) is 28.0 Å². The second-order valence-electron chi connectivity index (χ2n) is 9.46. The van der Waals surface area contributed by atoms with Crippen molar-refractivity contribution in [3.05, 3.63) is 86.4 Å². The van der Waals surface area contributed by atoms with Gasteiger partial charge in [-0.25, -0.2) is 0 Å². The number of furan rings is 1. The molecule has 8 nitrogen and oxygen atoms in total. The Morgan fingerprint density at radius 1 is 1.08 bits per heavy atom. The fourth-order valence-corrected chi connectivity index (χ4v) is 6.29. The van der Waals surface area contributed by atoms with Gasteiger partial charge in [0.05, 0.1) is 17.7 Å². The quantitative estimate of drug-likeness (QED) is 0.303. The number of nitrogens with zero attached hydrogens (tertiary/aromatic N) is 5. The molecule has 2 saturated heterocycles. The molecular weight excluding hydrogens is 530 g/mol. The highest BCUT2D eigenvalue weighted by Crippen LogP contribution is 2.37. The Bertz CT molecular complexity index is 1510. The van der Waals surface area contributed by atoms with Crippen LogP contribution >= 0.6 is 24.0 Å². The predicted molar refractivity (Wildman–Crippen MR) is 159 cm³/mol. The number of thioether (sulfide) groups is 1. The van der Waals surface area contributed by atoms with Crippen LogP contribution in [0.3, 0.4) is 0 Å². The highest BCUT2D eigenvalue weighted by Gasteiger charge is 2.34. The lowest BCUT2D eigenvalue weighted by molar-refractivity contribution is -0.122. The summed E-state index contributed by atoms with van der Waals surface area (Å²) in [6.07, 6.45) is 4.11. The number of para-hydroxylation sites is 1. The lowest BCUT2D eigenvalue weighted by Crippen LogP contribution is -2.48. The van der Waals surface area contributed by atoms with E-state index in [0.717, 1.165) is 25.3 Å². The molecule has 0 bridgehead atoms. The highest BCUT2D eigenvalue weighted by atomic mass is 32.2. The molecule has 2 fully saturated rings. The van der Waals surface area contributed by atoms with Gasteiger partial charge in [-0.05, 0) is 49.2 Å². The summed E-state index contributed by atoms with van der Waals surface area (Å²) in [5.74, 6) is 1.18. The number of nitriles is 1. The van der Waals surface area contributed by atoms with Crippen molar-refractivity contribution in [1.82, 2.24) is 9.47 Å². The van der Waals surface area contributed by atoms with Crippen LogP contribution in [0.4, 0.5) is 11.5 Å². The van der Waals surface area contributed by atoms with E-state index in [1.165, 1.54) is 22.3 Å². The molecule has 3 aromatic rings. The predicted octanol–water partition coefficient (Wildman–Crippen LogP) is 4.76. The van der Waals surface area contributed by atoms with E-state index >= 15 is 0 Å². The SMILES string of the molecule is CCCn1c(N2CCN(c3ccccc3)CC2)c(C=C2SC(=S)N(Cc3ccco3)C2=O)c(C)c(C#N)c1=O. The minimum atomic E-state index is -0.292. The monoisotopic (exact) mass is 559 g/mol. The zero-order valence-electron chi connectivity index (χ0n) is 21.9. The Labute approximate surface area is 237 Å². The molecule has 0 spiro atoms. The maximum atomic E-state index is 13.5. The molecule has 2 aliphatic rings. The summed E-state index contributed by atoms with van der Waals surface area (Å²) in [6, 6.07) is 16.0. The van der Waals surface area contributed by atoms with Crippen LogP contribution in [0.15, 0.2) is 62.8 Å². The van der Waals surface area contributed by atoms with E-state index in [9.17, 15) is 14.9 Å². The molecule has 0 saturated carbocycles. The number of carbonyl (C=O) groups is 1. The van der Waals surface area contributed by atoms with Gasteiger partial charge in [0, 0.05) is 44.0 Å². The van der Waals surface area contributed by atoms with E-state index in [0.29, 0.717) is 45.7 Å². The summed E-state index contributed by atoms with van der Waals surface area (Å²) >= 11 is 6.76. The van der Waals surface area contributed by atoms with Gasteiger partial charge < -0.3 is 14.2 Å². The molecular formula is C29H29N5O3S2. The molecule has 0 atom stereocenters. The number of benzene rings is 1. The first-order valence-electron chi connectivity index (χ1n) is 12.9. The van der Waals surface area contributed by atoms with E-state index in [-0.39, 0.29) is 23.6 Å². The Balaban J connectivity index is 1.55. The molecule has 0 aliphatic carbocycles. The number of pyridine rings is 1. The first-order chi connectivity index (χ1) is 18.9. The van der Waals surface area contributed by atoms with Crippen molar-refractivity contribution in [2.75, 3.05) is 36.0 Å². The topological polar surface area (TPSA) is 85.7 Å². The standard InChI is InChI=1S/C29H29N5O3S2/c1-3-11-33-26(32-14-12-31(13-15-32)21-8-5-4-6-9-21)23(20(2)24(18-30)27(33)35)17-25-28(36)34(29(38)39-25)19-22-10-7-16-37-22/h4-10,16-17H,3,11-15,19H2,1-2H3. The number of aromatic nitrogens is 1. The number of piperazine rings is 1. The molecule has 0 unspecified atom stereocenters. The van der Waals surface area contributed by atoms with Gasteiger partial charge in [-0.15, -0.1) is 0 Å². The smallest absolute Gasteiger partial charge is 0.270 e. The van der Waals surface area contributed by atoms with Crippen LogP contribution in [0.2, 0.25) is 0 Å². The molecule has 5 rings (SSSR count). The molecule has 39 heavy (non-hydrogen) atoms. The van der Waals surface area contributed by atoms with E-state index in [1.54, 1.807) is 29.9 Å². The van der Waals surface area contributed by atoms with Crippen molar-refractivity contribution in [3.8, 4) is 6.07 Å². The van der Waals surface area contributed by atoms with E-state index in [1.807, 2.05) is 31.2 Å². The molecule has 2 aromatic heterocycles. The van der Waals surface area contributed by atoms with Crippen molar-refractivity contribution in [2.45, 2.75) is 33.4 Å². The van der Waals surface area contributed by atoms with Crippen molar-refractivity contribution in [3.63, 3.8) is 0 Å². The third-order valence-corrected chi connectivity index (χ3v) is 8.42. The first kappa shape index (κ1) is 26.8. The van der Waals surface area contributed by atoms with Crippen LogP contribution in [-0.2, 0) is 17.9 Å². The number of anilines is 2. The summed E-state index contributed by atoms with van der Waals surface area (Å²) in [5.41, 5.74) is 2.27. The molecule has 2 aliphatic heterocycles. The summed E-state index contributed by atoms with van der Waals surface area (Å²) < 4.78 is 7.58. The third-order valence-electron chi connectivity index (χ3n) is 7.04. The van der Waals surface area contributed by atoms with Crippen molar-refractivity contribution >= 4 is 51.8 Å². The van der Waals surface area contributed by atoms with Crippen molar-refractivity contribution in [2.24, 2.45) is 0 Å². The number of carbonyl (C=O) groups excluding carboxylic acids is 1. The van der Waals surface area contributed by atoms with Gasteiger partial charge in [-0.2, -0.15) is 5.26 Å². The second kappa shape index (κ2) is 11.5. The Morgan fingerprint density at radius 3 is 2.44 bits per heavy atom. The average Bonchev–Trinajstić information content (AvgIpc) is 3.56. The van der Waals surface area contributed by atoms with E-state index < -0.39 is 0 Å². The Morgan fingerprint density at radius 2 is 1.79 bits per heavy atom. The number of amides is 1. The van der Waals surface area contributed by atoms with Gasteiger partial charge in [0.25, 0.3) is 11.5 Å². The maximum absolute atomic E-state index is 13.5. The second-order valence-corrected chi connectivity index (χ2v) is 11.1. The largest absolute Gasteiger partial charge is 0.467 e. The van der Waals surface area contributed by atoms with Gasteiger partial charge in [0.15, 0.2) is 0 Å². The van der Waals surface area contributed by atoms with Crippen LogP contribution in [0.25, 0.3) is 6.08 Å².